The molecule has 0 aliphatic heterocycles. The Balaban J connectivity index is 0.000000506. The molecule has 0 aromatic heterocycles. The zero-order chi connectivity index (χ0) is 38.8. The molecule has 0 heterocycles. The van der Waals surface area contributed by atoms with Crippen molar-refractivity contribution < 1.29 is 26.2 Å². The molecule has 5 aromatic rings. The van der Waals surface area contributed by atoms with Crippen LogP contribution < -0.4 is 0 Å². The molecule has 278 valence electrons. The minimum Gasteiger partial charge on any atom is -0.674 e. The van der Waals surface area contributed by atoms with Gasteiger partial charge in [0, 0.05) is 5.71 Å². The molecule has 3 heteroatoms. The molecule has 0 atom stereocenters. The molecular weight excluding hydrogens is 720 g/mol. The Morgan fingerprint density at radius 3 is 1.00 bits per heavy atom. The quantitative estimate of drug-likeness (QED) is 0.111. The van der Waals surface area contributed by atoms with Crippen molar-refractivity contribution >= 4 is 17.1 Å². The first-order valence-corrected chi connectivity index (χ1v) is 18.7. The predicted octanol–water partition coefficient (Wildman–Crippen LogP) is 15.4. The Morgan fingerprint density at radius 1 is 0.472 bits per heavy atom. The number of hydrogen-bond acceptors (Lipinski definition) is 1. The summed E-state index contributed by atoms with van der Waals surface area (Å²) in [6.45, 7) is 35.7. The van der Waals surface area contributed by atoms with Crippen LogP contribution in [0.3, 0.4) is 0 Å². The van der Waals surface area contributed by atoms with Crippen molar-refractivity contribution in [1.82, 2.24) is 0 Å². The molecule has 0 N–H and O–H groups in total. The zero-order valence-corrected chi connectivity index (χ0v) is 36.9. The van der Waals surface area contributed by atoms with Gasteiger partial charge in [0.25, 0.3) is 0 Å². The van der Waals surface area contributed by atoms with Gasteiger partial charge in [-0.1, -0.05) is 141 Å². The minimum atomic E-state index is -0.396. The van der Waals surface area contributed by atoms with Gasteiger partial charge in [0.05, 0.1) is 5.69 Å². The second-order valence-corrected chi connectivity index (χ2v) is 15.0. The van der Waals surface area contributed by atoms with E-state index in [-0.39, 0.29) is 26.2 Å². The largest absolute Gasteiger partial charge is 4.00 e. The molecule has 0 aliphatic rings. The Morgan fingerprint density at radius 2 is 0.755 bits per heavy atom. The fraction of sp³-hybridized carbons (Fsp3) is 0.320. The number of rotatable bonds is 8. The van der Waals surface area contributed by atoms with Gasteiger partial charge < -0.3 is 5.32 Å². The maximum atomic E-state index is 5.35. The van der Waals surface area contributed by atoms with E-state index in [9.17, 15) is 0 Å². The molecule has 0 radical (unpaired) electrons. The molecule has 2 nitrogen and oxygen atoms in total. The standard InChI is InChI=1S/C29H43N2.3C7H7.Zr/c1-18(2)23-14-12-15-24(19(3)4)27(23)30-22(9)29(10,11)31-28-25(20(5)6)16-13-17-26(28)21(7)8;3*1-7-5-3-2-4-6-7;/h12-21H,1-11H3;3*2-6H,1H2;/q4*-1;+4. The van der Waals surface area contributed by atoms with Gasteiger partial charge in [0.2, 0.25) is 0 Å². The van der Waals surface area contributed by atoms with Crippen molar-refractivity contribution in [3.8, 4) is 0 Å². The molecule has 0 amide bonds. The van der Waals surface area contributed by atoms with Gasteiger partial charge in [-0.2, -0.15) is 73.9 Å². The van der Waals surface area contributed by atoms with Crippen LogP contribution in [0.15, 0.2) is 132 Å². The Bertz CT molecular complexity index is 1610. The van der Waals surface area contributed by atoms with E-state index in [1.807, 2.05) is 91.0 Å². The van der Waals surface area contributed by atoms with Crippen LogP contribution in [0.2, 0.25) is 0 Å². The monoisotopic (exact) mass is 782 g/mol. The van der Waals surface area contributed by atoms with Crippen molar-refractivity contribution in [2.45, 2.75) is 105 Å². The Labute approximate surface area is 344 Å². The van der Waals surface area contributed by atoms with Crippen LogP contribution in [0.4, 0.5) is 11.4 Å². The molecule has 53 heavy (non-hydrogen) atoms. The fourth-order valence-corrected chi connectivity index (χ4v) is 5.38. The third kappa shape index (κ3) is 16.3. The maximum Gasteiger partial charge on any atom is 4.00 e. The van der Waals surface area contributed by atoms with E-state index in [4.69, 9.17) is 10.3 Å². The second-order valence-electron chi connectivity index (χ2n) is 15.0. The third-order valence-electron chi connectivity index (χ3n) is 8.77. The van der Waals surface area contributed by atoms with Crippen LogP contribution in [0.1, 0.15) is 139 Å². The summed E-state index contributed by atoms with van der Waals surface area (Å²) < 4.78 is 0. The molecule has 5 rings (SSSR count). The molecule has 0 spiro atoms. The van der Waals surface area contributed by atoms with Crippen LogP contribution in [-0.4, -0.2) is 11.3 Å². The first-order valence-electron chi connectivity index (χ1n) is 18.7. The maximum absolute atomic E-state index is 5.35. The van der Waals surface area contributed by atoms with Crippen LogP contribution >= 0.6 is 0 Å². The van der Waals surface area contributed by atoms with Crippen LogP contribution in [0.5, 0.6) is 0 Å². The summed E-state index contributed by atoms with van der Waals surface area (Å²) in [5.74, 6) is 1.72. The van der Waals surface area contributed by atoms with Gasteiger partial charge in [-0.25, -0.2) is 0 Å². The number of aliphatic imine (C=N–C) groups is 1. The molecule has 0 bridgehead atoms. The average Bonchev–Trinajstić information content (AvgIpc) is 3.09. The molecule has 0 saturated heterocycles. The summed E-state index contributed by atoms with van der Waals surface area (Å²) >= 11 is 0. The van der Waals surface area contributed by atoms with Crippen molar-refractivity contribution in [2.75, 3.05) is 0 Å². The first kappa shape index (κ1) is 47.1. The van der Waals surface area contributed by atoms with Gasteiger partial charge in [-0.15, -0.1) is 42.1 Å². The Hall–Kier alpha value is -3.94. The molecule has 5 aromatic carbocycles. The topological polar surface area (TPSA) is 26.5 Å². The SMILES string of the molecule is CC(=Nc1c(C(C)C)cccc1C(C)C)C(C)(C)[N-]c1c(C(C)C)cccc1C(C)C.[CH2-]c1ccccc1.[CH2-]c1ccccc1.[CH2-]c1ccccc1.[Zr+4]. The molecule has 0 saturated carbocycles. The van der Waals surface area contributed by atoms with Crippen molar-refractivity contribution in [3.63, 3.8) is 0 Å². The second kappa shape index (κ2) is 23.7. The van der Waals surface area contributed by atoms with Crippen molar-refractivity contribution in [2.24, 2.45) is 4.99 Å². The number of para-hydroxylation sites is 2. The van der Waals surface area contributed by atoms with E-state index < -0.39 is 5.54 Å². The fourth-order valence-electron chi connectivity index (χ4n) is 5.38. The van der Waals surface area contributed by atoms with Crippen LogP contribution in [-0.2, 0) is 26.2 Å². The molecular formula is C50H64N2Zr. The summed E-state index contributed by atoms with van der Waals surface area (Å²) in [7, 11) is 0. The van der Waals surface area contributed by atoms with Crippen molar-refractivity contribution in [1.29, 1.82) is 0 Å². The average molecular weight is 784 g/mol. The molecule has 0 fully saturated rings. The molecule has 0 unspecified atom stereocenters. The zero-order valence-electron chi connectivity index (χ0n) is 34.4. The molecule has 0 aliphatic carbocycles. The van der Waals surface area contributed by atoms with E-state index in [2.05, 4.69) is 133 Å². The normalized spacial score (nSPS) is 11.0. The summed E-state index contributed by atoms with van der Waals surface area (Å²) in [5.41, 5.74) is 11.4. The van der Waals surface area contributed by atoms with Crippen molar-refractivity contribution in [3.05, 3.63) is 192 Å². The van der Waals surface area contributed by atoms with Crippen LogP contribution in [0, 0.1) is 20.8 Å². The van der Waals surface area contributed by atoms with Crippen LogP contribution in [0.25, 0.3) is 5.32 Å². The summed E-state index contributed by atoms with van der Waals surface area (Å²) in [6.07, 6.45) is 0. The summed E-state index contributed by atoms with van der Waals surface area (Å²) in [4.78, 5) is 5.24. The van der Waals surface area contributed by atoms with E-state index in [0.717, 1.165) is 33.8 Å². The predicted molar refractivity (Wildman–Crippen MR) is 232 cm³/mol. The van der Waals surface area contributed by atoms with E-state index in [0.29, 0.717) is 23.7 Å². The van der Waals surface area contributed by atoms with Gasteiger partial charge >= 0.3 is 26.2 Å². The Kier molecular flexibility index (Phi) is 21.0. The smallest absolute Gasteiger partial charge is 0.674 e. The summed E-state index contributed by atoms with van der Waals surface area (Å²) in [5, 5.41) is 5.35. The van der Waals surface area contributed by atoms with E-state index in [1.165, 1.54) is 22.3 Å². The summed E-state index contributed by atoms with van der Waals surface area (Å²) in [6, 6.07) is 42.9. The minimum absolute atomic E-state index is 0. The van der Waals surface area contributed by atoms with E-state index >= 15 is 0 Å². The van der Waals surface area contributed by atoms with Gasteiger partial charge in [-0.3, -0.25) is 4.99 Å². The number of benzene rings is 5. The number of hydrogen-bond donors (Lipinski definition) is 0. The first-order chi connectivity index (χ1) is 24.5. The van der Waals surface area contributed by atoms with Gasteiger partial charge in [-0.05, 0) is 41.7 Å². The van der Waals surface area contributed by atoms with E-state index in [1.54, 1.807) is 0 Å². The van der Waals surface area contributed by atoms with Gasteiger partial charge in [0.15, 0.2) is 0 Å². The third-order valence-corrected chi connectivity index (χ3v) is 8.77. The number of nitrogens with zero attached hydrogens (tertiary/aromatic N) is 2. The van der Waals surface area contributed by atoms with Gasteiger partial charge in [0.1, 0.15) is 0 Å².